The second-order valence-electron chi connectivity index (χ2n) is 3.94. The van der Waals surface area contributed by atoms with Crippen LogP contribution < -0.4 is 4.74 Å². The Kier molecular flexibility index (Phi) is 4.75. The Hall–Kier alpha value is -1.62. The summed E-state index contributed by atoms with van der Waals surface area (Å²) in [6, 6.07) is 4.10. The third-order valence-corrected chi connectivity index (χ3v) is 3.55. The number of nitrogens with zero attached hydrogens (tertiary/aromatic N) is 3. The average Bonchev–Trinajstić information content (AvgIpc) is 2.84. The lowest BCUT2D eigenvalue weighted by molar-refractivity contribution is -0.138. The molecule has 1 heterocycles. The zero-order valence-corrected chi connectivity index (χ0v) is 12.7. The molecule has 0 amide bonds. The molecular formula is C12H5Cl3F3N3O. The van der Waals surface area contributed by atoms with E-state index in [2.05, 4.69) is 5.10 Å². The van der Waals surface area contributed by atoms with Gasteiger partial charge in [-0.25, -0.2) is 0 Å². The van der Waals surface area contributed by atoms with Crippen LogP contribution in [-0.2, 0) is 6.18 Å². The molecule has 1 aromatic carbocycles. The maximum Gasteiger partial charge on any atom is 0.423 e. The van der Waals surface area contributed by atoms with Crippen LogP contribution in [0.2, 0.25) is 15.1 Å². The van der Waals surface area contributed by atoms with E-state index in [1.807, 2.05) is 0 Å². The first-order valence-corrected chi connectivity index (χ1v) is 6.69. The zero-order valence-electron chi connectivity index (χ0n) is 10.5. The molecule has 10 heteroatoms. The van der Waals surface area contributed by atoms with Gasteiger partial charge in [0.05, 0.1) is 27.0 Å². The molecule has 0 spiro atoms. The summed E-state index contributed by atoms with van der Waals surface area (Å²) in [4.78, 5) is 0. The molecule has 0 saturated heterocycles. The Labute approximate surface area is 137 Å². The van der Waals surface area contributed by atoms with Crippen LogP contribution in [0.15, 0.2) is 18.3 Å². The second kappa shape index (κ2) is 6.24. The highest BCUT2D eigenvalue weighted by Gasteiger charge is 2.38. The number of hydrogen-bond donors (Lipinski definition) is 0. The summed E-state index contributed by atoms with van der Waals surface area (Å²) in [5.74, 6) is -0.658. The second-order valence-corrected chi connectivity index (χ2v) is 5.16. The van der Waals surface area contributed by atoms with Crippen LogP contribution in [-0.4, -0.2) is 16.4 Å². The molecule has 0 aliphatic heterocycles. The van der Waals surface area contributed by atoms with Gasteiger partial charge in [0, 0.05) is 0 Å². The van der Waals surface area contributed by atoms with E-state index in [0.29, 0.717) is 6.20 Å². The molecule has 22 heavy (non-hydrogen) atoms. The normalized spacial score (nSPS) is 11.3. The molecule has 0 saturated carbocycles. The van der Waals surface area contributed by atoms with Crippen molar-refractivity contribution in [2.24, 2.45) is 0 Å². The van der Waals surface area contributed by atoms with Gasteiger partial charge in [-0.2, -0.15) is 28.2 Å². The molecule has 0 radical (unpaired) electrons. The summed E-state index contributed by atoms with van der Waals surface area (Å²) in [5.41, 5.74) is -1.09. The van der Waals surface area contributed by atoms with Gasteiger partial charge >= 0.3 is 6.18 Å². The van der Waals surface area contributed by atoms with E-state index in [4.69, 9.17) is 44.8 Å². The highest BCUT2D eigenvalue weighted by molar-refractivity contribution is 6.43. The molecule has 0 fully saturated rings. The van der Waals surface area contributed by atoms with E-state index >= 15 is 0 Å². The highest BCUT2D eigenvalue weighted by atomic mass is 35.5. The van der Waals surface area contributed by atoms with Crippen molar-refractivity contribution in [3.63, 3.8) is 0 Å². The van der Waals surface area contributed by atoms with Crippen LogP contribution in [0.1, 0.15) is 5.56 Å². The van der Waals surface area contributed by atoms with Crippen molar-refractivity contribution in [1.29, 1.82) is 5.26 Å². The fourth-order valence-electron chi connectivity index (χ4n) is 1.62. The number of rotatable bonds is 3. The minimum atomic E-state index is -4.70. The van der Waals surface area contributed by atoms with Crippen molar-refractivity contribution in [3.8, 4) is 17.6 Å². The predicted molar refractivity (Wildman–Crippen MR) is 74.7 cm³/mol. The molecule has 2 rings (SSSR count). The molecule has 116 valence electrons. The molecule has 0 aliphatic rings. The lowest BCUT2D eigenvalue weighted by Gasteiger charge is -2.12. The van der Waals surface area contributed by atoms with Crippen LogP contribution in [0.4, 0.5) is 13.2 Å². The molecular weight excluding hydrogens is 366 g/mol. The van der Waals surface area contributed by atoms with Gasteiger partial charge in [0.25, 0.3) is 0 Å². The molecule has 0 atom stereocenters. The van der Waals surface area contributed by atoms with Crippen molar-refractivity contribution in [3.05, 3.63) is 39.0 Å². The summed E-state index contributed by atoms with van der Waals surface area (Å²) in [7, 11) is 0. The fraction of sp³-hybridized carbons (Fsp3) is 0.167. The van der Waals surface area contributed by atoms with Crippen molar-refractivity contribution in [2.75, 3.05) is 6.61 Å². The number of hydrogen-bond acceptors (Lipinski definition) is 3. The molecule has 0 unspecified atom stereocenters. The summed E-state index contributed by atoms with van der Waals surface area (Å²) in [5, 5.41) is 12.4. The van der Waals surface area contributed by atoms with Gasteiger partial charge in [0.2, 0.25) is 5.88 Å². The summed E-state index contributed by atoms with van der Waals surface area (Å²) < 4.78 is 44.5. The number of aromatic nitrogens is 2. The first-order valence-electron chi connectivity index (χ1n) is 5.55. The minimum absolute atomic E-state index is 0.0213. The van der Waals surface area contributed by atoms with Crippen molar-refractivity contribution < 1.29 is 17.9 Å². The maximum atomic E-state index is 13.0. The SMILES string of the molecule is N#CCOc1c(C(F)(F)F)cnn1-c1cc(Cl)c(Cl)cc1Cl. The first-order chi connectivity index (χ1) is 10.3. The third kappa shape index (κ3) is 3.24. The highest BCUT2D eigenvalue weighted by Crippen LogP contribution is 2.39. The maximum absolute atomic E-state index is 13.0. The quantitative estimate of drug-likeness (QED) is 0.732. The lowest BCUT2D eigenvalue weighted by atomic mass is 10.3. The van der Waals surface area contributed by atoms with Crippen molar-refractivity contribution in [2.45, 2.75) is 6.18 Å². The van der Waals surface area contributed by atoms with Gasteiger partial charge in [-0.3, -0.25) is 0 Å². The van der Waals surface area contributed by atoms with Crippen LogP contribution in [0, 0.1) is 11.3 Å². The van der Waals surface area contributed by atoms with Gasteiger partial charge in [-0.1, -0.05) is 34.8 Å². The van der Waals surface area contributed by atoms with E-state index in [1.165, 1.54) is 12.1 Å². The topological polar surface area (TPSA) is 50.8 Å². The van der Waals surface area contributed by atoms with Gasteiger partial charge in [-0.05, 0) is 12.1 Å². The van der Waals surface area contributed by atoms with Gasteiger partial charge < -0.3 is 4.74 Å². The molecule has 0 bridgehead atoms. The molecule has 4 nitrogen and oxygen atoms in total. The van der Waals surface area contributed by atoms with E-state index < -0.39 is 24.2 Å². The van der Waals surface area contributed by atoms with Crippen molar-refractivity contribution in [1.82, 2.24) is 9.78 Å². The van der Waals surface area contributed by atoms with E-state index in [0.717, 1.165) is 4.68 Å². The molecule has 2 aromatic rings. The Bertz CT molecular complexity index is 753. The number of ether oxygens (including phenoxy) is 1. The Morgan fingerprint density at radius 1 is 1.18 bits per heavy atom. The van der Waals surface area contributed by atoms with Gasteiger partial charge in [0.1, 0.15) is 11.6 Å². The van der Waals surface area contributed by atoms with Crippen LogP contribution in [0.3, 0.4) is 0 Å². The Morgan fingerprint density at radius 2 is 1.82 bits per heavy atom. The summed E-state index contributed by atoms with van der Waals surface area (Å²) in [6.07, 6.45) is -4.13. The van der Waals surface area contributed by atoms with E-state index in [9.17, 15) is 13.2 Å². The third-order valence-electron chi connectivity index (χ3n) is 2.52. The Morgan fingerprint density at radius 3 is 2.41 bits per heavy atom. The first kappa shape index (κ1) is 16.7. The lowest BCUT2D eigenvalue weighted by Crippen LogP contribution is -2.10. The Balaban J connectivity index is 2.63. The van der Waals surface area contributed by atoms with E-state index in [1.54, 1.807) is 6.07 Å². The number of nitriles is 1. The van der Waals surface area contributed by atoms with Crippen LogP contribution >= 0.6 is 34.8 Å². The predicted octanol–water partition coefficient (Wildman–Crippen LogP) is 4.75. The molecule has 0 N–H and O–H groups in total. The van der Waals surface area contributed by atoms with Gasteiger partial charge in [0.15, 0.2) is 6.61 Å². The molecule has 0 aliphatic carbocycles. The summed E-state index contributed by atoms with van der Waals surface area (Å²) >= 11 is 17.6. The standard InChI is InChI=1S/C12H5Cl3F3N3O/c13-7-3-9(15)10(4-8(7)14)21-11(22-2-1-19)6(5-20-21)12(16,17)18/h3-5H,2H2. The zero-order chi connectivity index (χ0) is 16.5. The van der Waals surface area contributed by atoms with Crippen LogP contribution in [0.25, 0.3) is 5.69 Å². The van der Waals surface area contributed by atoms with E-state index in [-0.39, 0.29) is 20.8 Å². The largest absolute Gasteiger partial charge is 0.462 e. The number of halogens is 6. The van der Waals surface area contributed by atoms with Gasteiger partial charge in [-0.15, -0.1) is 0 Å². The average molecular weight is 371 g/mol. The van der Waals surface area contributed by atoms with Crippen molar-refractivity contribution >= 4 is 34.8 Å². The monoisotopic (exact) mass is 369 g/mol. The molecule has 1 aromatic heterocycles. The fourth-order valence-corrected chi connectivity index (χ4v) is 2.24. The summed E-state index contributed by atoms with van der Waals surface area (Å²) in [6.45, 7) is -0.590. The minimum Gasteiger partial charge on any atom is -0.462 e. The number of benzene rings is 1. The smallest absolute Gasteiger partial charge is 0.423 e. The number of alkyl halides is 3. The van der Waals surface area contributed by atoms with Crippen LogP contribution in [0.5, 0.6) is 5.88 Å².